The van der Waals surface area contributed by atoms with Crippen molar-refractivity contribution < 1.29 is 14.3 Å². The second-order valence-electron chi connectivity index (χ2n) is 7.14. The maximum absolute atomic E-state index is 12.5. The van der Waals surface area contributed by atoms with Gasteiger partial charge in [-0.3, -0.25) is 9.59 Å². The molecule has 2 amide bonds. The molecule has 0 unspecified atom stereocenters. The molecule has 3 aliphatic rings. The summed E-state index contributed by atoms with van der Waals surface area (Å²) in [4.78, 5) is 28.7. The van der Waals surface area contributed by atoms with Gasteiger partial charge in [0.15, 0.2) is 0 Å². The Morgan fingerprint density at radius 3 is 2.87 bits per heavy atom. The van der Waals surface area contributed by atoms with Gasteiger partial charge in [-0.05, 0) is 31.4 Å². The summed E-state index contributed by atoms with van der Waals surface area (Å²) in [6.45, 7) is 2.23. The topological polar surface area (TPSA) is 49.9 Å². The van der Waals surface area contributed by atoms with E-state index in [9.17, 15) is 9.59 Å². The monoisotopic (exact) mass is 314 g/mol. The number of amides is 2. The summed E-state index contributed by atoms with van der Waals surface area (Å²) in [5, 5.41) is 0. The number of hydrogen-bond donors (Lipinski definition) is 0. The zero-order valence-electron chi connectivity index (χ0n) is 13.5. The molecule has 3 fully saturated rings. The van der Waals surface area contributed by atoms with E-state index in [1.54, 1.807) is 7.11 Å². The van der Waals surface area contributed by atoms with Crippen LogP contribution in [0.3, 0.4) is 0 Å². The predicted octanol–water partition coefficient (Wildman–Crippen LogP) is 2.06. The number of likely N-dealkylation sites (tertiary alicyclic amines) is 1. The molecule has 1 aliphatic carbocycles. The van der Waals surface area contributed by atoms with Crippen molar-refractivity contribution >= 4 is 17.5 Å². The largest absolute Gasteiger partial charge is 0.497 e. The van der Waals surface area contributed by atoms with E-state index in [1.807, 2.05) is 34.1 Å². The fourth-order valence-corrected chi connectivity index (χ4v) is 3.89. The first-order valence-corrected chi connectivity index (χ1v) is 8.33. The highest BCUT2D eigenvalue weighted by Crippen LogP contribution is 2.43. The quantitative estimate of drug-likeness (QED) is 0.858. The van der Waals surface area contributed by atoms with Crippen molar-refractivity contribution in [2.24, 2.45) is 11.3 Å². The highest BCUT2D eigenvalue weighted by molar-refractivity contribution is 5.96. The molecule has 122 valence electrons. The Kier molecular flexibility index (Phi) is 3.32. The van der Waals surface area contributed by atoms with Crippen molar-refractivity contribution in [3.8, 4) is 5.75 Å². The van der Waals surface area contributed by atoms with Crippen molar-refractivity contribution in [3.05, 3.63) is 24.3 Å². The summed E-state index contributed by atoms with van der Waals surface area (Å²) in [5.74, 6) is 1.47. The van der Waals surface area contributed by atoms with Gasteiger partial charge in [-0.2, -0.15) is 0 Å². The molecule has 0 radical (unpaired) electrons. The third-order valence-corrected chi connectivity index (χ3v) is 5.36. The van der Waals surface area contributed by atoms with Crippen LogP contribution in [0.5, 0.6) is 5.75 Å². The Bertz CT molecular complexity index is 655. The Hall–Kier alpha value is -2.04. The van der Waals surface area contributed by atoms with Crippen LogP contribution in [0.15, 0.2) is 24.3 Å². The van der Waals surface area contributed by atoms with Crippen molar-refractivity contribution in [2.75, 3.05) is 31.6 Å². The normalized spacial score (nSPS) is 27.1. The van der Waals surface area contributed by atoms with E-state index in [4.69, 9.17) is 4.74 Å². The van der Waals surface area contributed by atoms with Gasteiger partial charge in [-0.15, -0.1) is 0 Å². The highest BCUT2D eigenvalue weighted by atomic mass is 16.5. The molecule has 2 heterocycles. The number of benzene rings is 1. The van der Waals surface area contributed by atoms with Gasteiger partial charge in [0.05, 0.1) is 7.11 Å². The third-order valence-electron chi connectivity index (χ3n) is 5.36. The van der Waals surface area contributed by atoms with Crippen LogP contribution in [0.2, 0.25) is 0 Å². The standard InChI is InChI=1S/C18H22N2O3/c1-23-15-4-2-3-14(9-15)20-12-18(10-16(20)21)7-8-19(11-18)17(22)13-5-6-13/h2-4,9,13H,5-8,10-12H2,1H3/t18-/m0/s1. The molecule has 0 bridgehead atoms. The Morgan fingerprint density at radius 2 is 2.13 bits per heavy atom. The van der Waals surface area contributed by atoms with Crippen molar-refractivity contribution in [1.82, 2.24) is 4.90 Å². The van der Waals surface area contributed by atoms with Crippen LogP contribution < -0.4 is 9.64 Å². The Balaban J connectivity index is 1.50. The van der Waals surface area contributed by atoms with E-state index in [2.05, 4.69) is 0 Å². The van der Waals surface area contributed by atoms with Gasteiger partial charge in [0.25, 0.3) is 0 Å². The molecule has 1 aromatic rings. The van der Waals surface area contributed by atoms with Crippen LogP contribution in [0.1, 0.15) is 25.7 Å². The summed E-state index contributed by atoms with van der Waals surface area (Å²) in [6.07, 6.45) is 3.55. The van der Waals surface area contributed by atoms with Crippen LogP contribution in [0, 0.1) is 11.3 Å². The summed E-state index contributed by atoms with van der Waals surface area (Å²) in [7, 11) is 1.63. The zero-order chi connectivity index (χ0) is 16.0. The molecule has 23 heavy (non-hydrogen) atoms. The summed E-state index contributed by atoms with van der Waals surface area (Å²) < 4.78 is 5.26. The molecular formula is C18H22N2O3. The summed E-state index contributed by atoms with van der Waals surface area (Å²) in [5.41, 5.74) is 0.822. The Morgan fingerprint density at radius 1 is 1.30 bits per heavy atom. The van der Waals surface area contributed by atoms with Crippen LogP contribution in [-0.4, -0.2) is 43.5 Å². The van der Waals surface area contributed by atoms with Crippen LogP contribution in [0.25, 0.3) is 0 Å². The van der Waals surface area contributed by atoms with Crippen molar-refractivity contribution in [2.45, 2.75) is 25.7 Å². The lowest BCUT2D eigenvalue weighted by Crippen LogP contribution is -2.34. The maximum Gasteiger partial charge on any atom is 0.227 e. The minimum Gasteiger partial charge on any atom is -0.497 e. The van der Waals surface area contributed by atoms with E-state index < -0.39 is 0 Å². The first kappa shape index (κ1) is 14.5. The van der Waals surface area contributed by atoms with Gasteiger partial charge in [-0.25, -0.2) is 0 Å². The number of nitrogens with zero attached hydrogens (tertiary/aromatic N) is 2. The highest BCUT2D eigenvalue weighted by Gasteiger charge is 2.50. The van der Waals surface area contributed by atoms with Gasteiger partial charge in [0, 0.05) is 49.1 Å². The molecular weight excluding hydrogens is 292 g/mol. The van der Waals surface area contributed by atoms with Crippen LogP contribution >= 0.6 is 0 Å². The molecule has 0 aromatic heterocycles. The van der Waals surface area contributed by atoms with E-state index in [0.29, 0.717) is 18.9 Å². The van der Waals surface area contributed by atoms with E-state index in [1.165, 1.54) is 0 Å². The number of hydrogen-bond acceptors (Lipinski definition) is 3. The van der Waals surface area contributed by atoms with Crippen molar-refractivity contribution in [1.29, 1.82) is 0 Å². The Labute approximate surface area is 136 Å². The first-order chi connectivity index (χ1) is 11.1. The molecule has 1 atom stereocenters. The minimum absolute atomic E-state index is 0.0648. The number of ether oxygens (including phenoxy) is 1. The molecule has 5 heteroatoms. The van der Waals surface area contributed by atoms with Gasteiger partial charge in [0.1, 0.15) is 5.75 Å². The molecule has 2 aliphatic heterocycles. The number of rotatable bonds is 3. The van der Waals surface area contributed by atoms with Crippen LogP contribution in [-0.2, 0) is 9.59 Å². The summed E-state index contributed by atoms with van der Waals surface area (Å²) >= 11 is 0. The average molecular weight is 314 g/mol. The van der Waals surface area contributed by atoms with Gasteiger partial charge in [0.2, 0.25) is 11.8 Å². The lowest BCUT2D eigenvalue weighted by molar-refractivity contribution is -0.132. The smallest absolute Gasteiger partial charge is 0.227 e. The van der Waals surface area contributed by atoms with E-state index in [0.717, 1.165) is 43.8 Å². The summed E-state index contributed by atoms with van der Waals surface area (Å²) in [6, 6.07) is 7.63. The average Bonchev–Trinajstić information content (AvgIpc) is 3.26. The molecule has 1 spiro atoms. The molecule has 2 saturated heterocycles. The van der Waals surface area contributed by atoms with Crippen LogP contribution in [0.4, 0.5) is 5.69 Å². The van der Waals surface area contributed by atoms with E-state index in [-0.39, 0.29) is 17.2 Å². The molecule has 5 nitrogen and oxygen atoms in total. The molecule has 0 N–H and O–H groups in total. The zero-order valence-corrected chi connectivity index (χ0v) is 13.5. The second-order valence-corrected chi connectivity index (χ2v) is 7.14. The molecule has 1 saturated carbocycles. The SMILES string of the molecule is COc1cccc(N2C[C@@]3(CCN(C(=O)C4CC4)C3)CC2=O)c1. The molecule has 1 aromatic carbocycles. The van der Waals surface area contributed by atoms with Gasteiger partial charge < -0.3 is 14.5 Å². The predicted molar refractivity (Wildman–Crippen MR) is 86.3 cm³/mol. The molecule has 4 rings (SSSR count). The lowest BCUT2D eigenvalue weighted by atomic mass is 9.86. The number of carbonyl (C=O) groups excluding carboxylic acids is 2. The van der Waals surface area contributed by atoms with Crippen molar-refractivity contribution in [3.63, 3.8) is 0 Å². The minimum atomic E-state index is -0.0648. The van der Waals surface area contributed by atoms with Gasteiger partial charge >= 0.3 is 0 Å². The lowest BCUT2D eigenvalue weighted by Gasteiger charge is -2.24. The third kappa shape index (κ3) is 2.58. The first-order valence-electron chi connectivity index (χ1n) is 8.33. The number of anilines is 1. The maximum atomic E-state index is 12.5. The second kappa shape index (κ2) is 5.25. The van der Waals surface area contributed by atoms with E-state index >= 15 is 0 Å². The fraction of sp³-hybridized carbons (Fsp3) is 0.556. The fourth-order valence-electron chi connectivity index (χ4n) is 3.89. The number of methoxy groups -OCH3 is 1. The number of carbonyl (C=O) groups is 2. The van der Waals surface area contributed by atoms with Gasteiger partial charge in [-0.1, -0.05) is 6.07 Å².